The average molecular weight is 219 g/mol. The molecule has 0 radical (unpaired) electrons. The first-order valence-electron chi connectivity index (χ1n) is 5.63. The van der Waals surface area contributed by atoms with Crippen LogP contribution < -0.4 is 10.6 Å². The summed E-state index contributed by atoms with van der Waals surface area (Å²) in [5, 5.41) is 6.05. The fourth-order valence-electron chi connectivity index (χ4n) is 2.12. The van der Waals surface area contributed by atoms with Gasteiger partial charge in [0, 0.05) is 24.6 Å². The molecule has 0 atom stereocenters. The van der Waals surface area contributed by atoms with Crippen LogP contribution >= 0.6 is 0 Å². The fourth-order valence-corrected chi connectivity index (χ4v) is 2.12. The van der Waals surface area contributed by atoms with Crippen LogP contribution in [0.5, 0.6) is 0 Å². The normalized spacial score (nSPS) is 17.6. The average Bonchev–Trinajstić information content (AvgIpc) is 2.24. The molecular formula is C12H17N3O. The predicted molar refractivity (Wildman–Crippen MR) is 63.1 cm³/mol. The van der Waals surface area contributed by atoms with E-state index in [4.69, 9.17) is 0 Å². The number of carbonyl (C=O) groups is 1. The van der Waals surface area contributed by atoms with Crippen LogP contribution in [0.25, 0.3) is 0 Å². The Morgan fingerprint density at radius 2 is 2.12 bits per heavy atom. The molecule has 1 fully saturated rings. The Morgan fingerprint density at radius 1 is 1.44 bits per heavy atom. The third-order valence-corrected chi connectivity index (χ3v) is 3.25. The van der Waals surface area contributed by atoms with Gasteiger partial charge in [-0.1, -0.05) is 6.42 Å². The summed E-state index contributed by atoms with van der Waals surface area (Å²) in [5.74, 6) is 0.124. The zero-order chi connectivity index (χ0) is 11.4. The van der Waals surface area contributed by atoms with Crippen molar-refractivity contribution in [2.45, 2.75) is 19.3 Å². The smallest absolute Gasteiger partial charge is 0.231 e. The van der Waals surface area contributed by atoms with Crippen LogP contribution in [0.15, 0.2) is 24.5 Å². The highest BCUT2D eigenvalue weighted by atomic mass is 16.2. The van der Waals surface area contributed by atoms with Gasteiger partial charge in [-0.2, -0.15) is 0 Å². The lowest BCUT2D eigenvalue weighted by molar-refractivity contribution is -0.129. The van der Waals surface area contributed by atoms with E-state index < -0.39 is 0 Å². The van der Waals surface area contributed by atoms with E-state index in [1.807, 2.05) is 19.2 Å². The lowest BCUT2D eigenvalue weighted by Crippen LogP contribution is -2.48. The van der Waals surface area contributed by atoms with E-state index in [0.717, 1.165) is 31.5 Å². The standard InChI is InChI=1S/C12H17N3O/c1-13-9-12(5-2-6-12)11(16)15-10-3-7-14-8-4-10/h3-4,7-8,13H,2,5-6,9H2,1H3,(H,14,15,16). The molecule has 0 bridgehead atoms. The van der Waals surface area contributed by atoms with Crippen molar-refractivity contribution in [3.8, 4) is 0 Å². The number of hydrogen-bond donors (Lipinski definition) is 2. The summed E-state index contributed by atoms with van der Waals surface area (Å²) in [6.07, 6.45) is 6.46. The van der Waals surface area contributed by atoms with Gasteiger partial charge in [-0.05, 0) is 32.0 Å². The lowest BCUT2D eigenvalue weighted by Gasteiger charge is -2.40. The molecule has 1 aliphatic carbocycles. The number of pyridine rings is 1. The molecule has 1 saturated carbocycles. The maximum atomic E-state index is 12.1. The molecule has 86 valence electrons. The van der Waals surface area contributed by atoms with Crippen molar-refractivity contribution in [1.29, 1.82) is 0 Å². The van der Waals surface area contributed by atoms with Gasteiger partial charge in [0.15, 0.2) is 0 Å². The molecule has 2 N–H and O–H groups in total. The first-order chi connectivity index (χ1) is 7.77. The van der Waals surface area contributed by atoms with Gasteiger partial charge in [-0.25, -0.2) is 0 Å². The summed E-state index contributed by atoms with van der Waals surface area (Å²) in [6.45, 7) is 0.754. The minimum atomic E-state index is -0.196. The van der Waals surface area contributed by atoms with E-state index in [0.29, 0.717) is 0 Å². The van der Waals surface area contributed by atoms with Gasteiger partial charge in [0.2, 0.25) is 5.91 Å². The summed E-state index contributed by atoms with van der Waals surface area (Å²) in [5.41, 5.74) is 0.625. The first kappa shape index (κ1) is 11.1. The van der Waals surface area contributed by atoms with Crippen LogP contribution in [0.3, 0.4) is 0 Å². The second kappa shape index (κ2) is 4.61. The Kier molecular flexibility index (Phi) is 3.19. The molecule has 1 aliphatic rings. The van der Waals surface area contributed by atoms with Crippen molar-refractivity contribution in [1.82, 2.24) is 10.3 Å². The second-order valence-corrected chi connectivity index (χ2v) is 4.35. The molecule has 1 amide bonds. The molecule has 0 spiro atoms. The number of rotatable bonds is 4. The van der Waals surface area contributed by atoms with Crippen LogP contribution in [0.1, 0.15) is 19.3 Å². The number of amides is 1. The molecule has 0 saturated heterocycles. The van der Waals surface area contributed by atoms with Gasteiger partial charge in [0.1, 0.15) is 0 Å². The summed E-state index contributed by atoms with van der Waals surface area (Å²) < 4.78 is 0. The van der Waals surface area contributed by atoms with Gasteiger partial charge in [0.25, 0.3) is 0 Å². The molecule has 2 rings (SSSR count). The van der Waals surface area contributed by atoms with Crippen LogP contribution in [0.4, 0.5) is 5.69 Å². The van der Waals surface area contributed by atoms with E-state index in [9.17, 15) is 4.79 Å². The summed E-state index contributed by atoms with van der Waals surface area (Å²) in [6, 6.07) is 3.62. The molecule has 0 unspecified atom stereocenters. The number of hydrogen-bond acceptors (Lipinski definition) is 3. The Morgan fingerprint density at radius 3 is 2.62 bits per heavy atom. The van der Waals surface area contributed by atoms with E-state index in [1.165, 1.54) is 0 Å². The second-order valence-electron chi connectivity index (χ2n) is 4.35. The molecule has 16 heavy (non-hydrogen) atoms. The van der Waals surface area contributed by atoms with E-state index in [1.54, 1.807) is 12.4 Å². The van der Waals surface area contributed by atoms with Gasteiger partial charge >= 0.3 is 0 Å². The molecular weight excluding hydrogens is 202 g/mol. The molecule has 0 aliphatic heterocycles. The summed E-state index contributed by atoms with van der Waals surface area (Å²) >= 11 is 0. The zero-order valence-corrected chi connectivity index (χ0v) is 9.49. The molecule has 4 nitrogen and oxygen atoms in total. The highest BCUT2D eigenvalue weighted by Gasteiger charge is 2.43. The molecule has 4 heteroatoms. The van der Waals surface area contributed by atoms with Gasteiger partial charge < -0.3 is 10.6 Å². The Balaban J connectivity index is 2.02. The topological polar surface area (TPSA) is 54.0 Å². The van der Waals surface area contributed by atoms with Crippen molar-refractivity contribution < 1.29 is 4.79 Å². The number of aromatic nitrogens is 1. The Labute approximate surface area is 95.5 Å². The number of nitrogens with zero attached hydrogens (tertiary/aromatic N) is 1. The highest BCUT2D eigenvalue weighted by molar-refractivity contribution is 5.96. The Hall–Kier alpha value is -1.42. The highest BCUT2D eigenvalue weighted by Crippen LogP contribution is 2.41. The third kappa shape index (κ3) is 2.07. The third-order valence-electron chi connectivity index (χ3n) is 3.25. The van der Waals surface area contributed by atoms with Gasteiger partial charge in [0.05, 0.1) is 5.41 Å². The number of carbonyl (C=O) groups excluding carboxylic acids is 1. The number of nitrogens with one attached hydrogen (secondary N) is 2. The number of anilines is 1. The van der Waals surface area contributed by atoms with E-state index in [2.05, 4.69) is 15.6 Å². The monoisotopic (exact) mass is 219 g/mol. The van der Waals surface area contributed by atoms with Crippen molar-refractivity contribution in [3.05, 3.63) is 24.5 Å². The maximum absolute atomic E-state index is 12.1. The van der Waals surface area contributed by atoms with Crippen molar-refractivity contribution in [3.63, 3.8) is 0 Å². The van der Waals surface area contributed by atoms with Crippen LogP contribution in [0, 0.1) is 5.41 Å². The van der Waals surface area contributed by atoms with Crippen LogP contribution in [-0.4, -0.2) is 24.5 Å². The SMILES string of the molecule is CNCC1(C(=O)Nc2ccncc2)CCC1. The van der Waals surface area contributed by atoms with E-state index >= 15 is 0 Å². The minimum Gasteiger partial charge on any atom is -0.325 e. The van der Waals surface area contributed by atoms with Crippen LogP contribution in [-0.2, 0) is 4.79 Å². The molecule has 1 heterocycles. The summed E-state index contributed by atoms with van der Waals surface area (Å²) in [4.78, 5) is 16.1. The molecule has 0 aromatic carbocycles. The fraction of sp³-hybridized carbons (Fsp3) is 0.500. The molecule has 1 aromatic rings. The summed E-state index contributed by atoms with van der Waals surface area (Å²) in [7, 11) is 1.89. The Bertz CT molecular complexity index is 360. The first-order valence-corrected chi connectivity index (χ1v) is 5.63. The predicted octanol–water partition coefficient (Wildman–Crippen LogP) is 1.41. The molecule has 1 aromatic heterocycles. The quantitative estimate of drug-likeness (QED) is 0.805. The maximum Gasteiger partial charge on any atom is 0.231 e. The minimum absolute atomic E-state index is 0.124. The van der Waals surface area contributed by atoms with Crippen molar-refractivity contribution >= 4 is 11.6 Å². The zero-order valence-electron chi connectivity index (χ0n) is 9.49. The van der Waals surface area contributed by atoms with Crippen molar-refractivity contribution in [2.75, 3.05) is 18.9 Å². The van der Waals surface area contributed by atoms with E-state index in [-0.39, 0.29) is 11.3 Å². The largest absolute Gasteiger partial charge is 0.325 e. The van der Waals surface area contributed by atoms with Crippen molar-refractivity contribution in [2.24, 2.45) is 5.41 Å². The van der Waals surface area contributed by atoms with Gasteiger partial charge in [-0.3, -0.25) is 9.78 Å². The lowest BCUT2D eigenvalue weighted by atomic mass is 9.68. The van der Waals surface area contributed by atoms with Gasteiger partial charge in [-0.15, -0.1) is 0 Å². The van der Waals surface area contributed by atoms with Crippen LogP contribution in [0.2, 0.25) is 0 Å².